The number of Topliss-reactive ketones (excluding diaryl/α,β-unsaturated/α-hetero) is 1. The third-order valence-corrected chi connectivity index (χ3v) is 5.39. The number of esters is 1. The van der Waals surface area contributed by atoms with E-state index in [9.17, 15) is 19.5 Å². The van der Waals surface area contributed by atoms with Gasteiger partial charge in [0.2, 0.25) is 0 Å². The molecule has 0 spiro atoms. The topological polar surface area (TPSA) is 83.9 Å². The summed E-state index contributed by atoms with van der Waals surface area (Å²) in [5, 5.41) is 10.7. The predicted octanol–water partition coefficient (Wildman–Crippen LogP) is 5.00. The number of ketones is 1. The van der Waals surface area contributed by atoms with Crippen molar-refractivity contribution in [1.82, 2.24) is 0 Å². The van der Waals surface area contributed by atoms with Crippen LogP contribution in [-0.4, -0.2) is 28.9 Å². The zero-order valence-electron chi connectivity index (χ0n) is 19.8. The standard InChI is InChI=1S/C27H31NO5/c1-16(2)13-22(29)24-25(20-8-6-7-18(5)14-20)28(27(32)26(24)31)21-11-9-19(10-12-21)15-23(30)33-17(3)4/h6-12,14,16-17,25,31H,13,15H2,1-5H3. The summed E-state index contributed by atoms with van der Waals surface area (Å²) in [7, 11) is 0. The lowest BCUT2D eigenvalue weighted by Crippen LogP contribution is -2.31. The molecule has 1 unspecified atom stereocenters. The highest BCUT2D eigenvalue weighted by molar-refractivity contribution is 6.16. The maximum absolute atomic E-state index is 13.2. The first-order chi connectivity index (χ1) is 15.6. The van der Waals surface area contributed by atoms with Gasteiger partial charge in [0, 0.05) is 12.1 Å². The zero-order valence-corrected chi connectivity index (χ0v) is 19.8. The van der Waals surface area contributed by atoms with E-state index < -0.39 is 17.7 Å². The minimum absolute atomic E-state index is 0.0880. The molecule has 0 saturated heterocycles. The molecule has 1 atom stereocenters. The number of nitrogens with zero attached hydrogens (tertiary/aromatic N) is 1. The molecule has 1 heterocycles. The fourth-order valence-corrected chi connectivity index (χ4v) is 4.04. The Kier molecular flexibility index (Phi) is 7.36. The molecule has 1 aliphatic heterocycles. The van der Waals surface area contributed by atoms with Crippen LogP contribution in [0.2, 0.25) is 0 Å². The summed E-state index contributed by atoms with van der Waals surface area (Å²) in [5.41, 5.74) is 3.15. The van der Waals surface area contributed by atoms with Crippen molar-refractivity contribution in [2.24, 2.45) is 5.92 Å². The summed E-state index contributed by atoms with van der Waals surface area (Å²) in [6, 6.07) is 13.8. The SMILES string of the molecule is Cc1cccc(C2C(C(=O)CC(C)C)=C(O)C(=O)N2c2ccc(CC(=O)OC(C)C)cc2)c1. The second-order valence-electron chi connectivity index (χ2n) is 9.16. The van der Waals surface area contributed by atoms with E-state index in [0.717, 1.165) is 16.7 Å². The Morgan fingerprint density at radius 2 is 1.73 bits per heavy atom. The van der Waals surface area contributed by atoms with Gasteiger partial charge < -0.3 is 9.84 Å². The Hall–Kier alpha value is -3.41. The van der Waals surface area contributed by atoms with Crippen molar-refractivity contribution in [2.75, 3.05) is 4.90 Å². The fraction of sp³-hybridized carbons (Fsp3) is 0.370. The number of carbonyl (C=O) groups is 3. The maximum atomic E-state index is 13.2. The molecule has 1 amide bonds. The van der Waals surface area contributed by atoms with Crippen LogP contribution >= 0.6 is 0 Å². The van der Waals surface area contributed by atoms with E-state index in [1.165, 1.54) is 4.90 Å². The number of aliphatic hydroxyl groups excluding tert-OH is 1. The molecule has 3 rings (SSSR count). The molecule has 1 aliphatic rings. The van der Waals surface area contributed by atoms with Gasteiger partial charge in [-0.3, -0.25) is 19.3 Å². The number of hydrogen-bond acceptors (Lipinski definition) is 5. The van der Waals surface area contributed by atoms with Crippen LogP contribution in [0, 0.1) is 12.8 Å². The number of amides is 1. The quantitative estimate of drug-likeness (QED) is 0.573. The van der Waals surface area contributed by atoms with Crippen molar-refractivity contribution in [1.29, 1.82) is 0 Å². The number of aliphatic hydroxyl groups is 1. The van der Waals surface area contributed by atoms with Crippen LogP contribution in [-0.2, 0) is 25.5 Å². The molecule has 0 aliphatic carbocycles. The first-order valence-electron chi connectivity index (χ1n) is 11.2. The molecule has 0 saturated carbocycles. The molecular weight excluding hydrogens is 418 g/mol. The highest BCUT2D eigenvalue weighted by Gasteiger charge is 2.44. The Labute approximate surface area is 194 Å². The van der Waals surface area contributed by atoms with Crippen molar-refractivity contribution < 1.29 is 24.2 Å². The van der Waals surface area contributed by atoms with Crippen molar-refractivity contribution in [3.8, 4) is 0 Å². The van der Waals surface area contributed by atoms with Crippen LogP contribution in [0.25, 0.3) is 0 Å². The van der Waals surface area contributed by atoms with Gasteiger partial charge in [-0.25, -0.2) is 0 Å². The molecule has 0 radical (unpaired) electrons. The minimum Gasteiger partial charge on any atom is -0.503 e. The zero-order chi connectivity index (χ0) is 24.3. The van der Waals surface area contributed by atoms with Crippen molar-refractivity contribution in [3.63, 3.8) is 0 Å². The molecule has 6 heteroatoms. The van der Waals surface area contributed by atoms with Gasteiger partial charge in [0.25, 0.3) is 5.91 Å². The van der Waals surface area contributed by atoms with Crippen LogP contribution in [0.5, 0.6) is 0 Å². The number of rotatable bonds is 8. The average Bonchev–Trinajstić information content (AvgIpc) is 2.98. The molecular formula is C27H31NO5. The number of benzene rings is 2. The lowest BCUT2D eigenvalue weighted by Gasteiger charge is -2.27. The van der Waals surface area contributed by atoms with Crippen LogP contribution in [0.4, 0.5) is 5.69 Å². The molecule has 0 aromatic heterocycles. The third kappa shape index (κ3) is 5.51. The largest absolute Gasteiger partial charge is 0.503 e. The first kappa shape index (κ1) is 24.2. The van der Waals surface area contributed by atoms with Crippen LogP contribution in [0.1, 0.15) is 56.8 Å². The Balaban J connectivity index is 1.98. The third-order valence-electron chi connectivity index (χ3n) is 5.39. The summed E-state index contributed by atoms with van der Waals surface area (Å²) >= 11 is 0. The van der Waals surface area contributed by atoms with Gasteiger partial charge >= 0.3 is 5.97 Å². The highest BCUT2D eigenvalue weighted by atomic mass is 16.5. The van der Waals surface area contributed by atoms with Crippen molar-refractivity contribution >= 4 is 23.3 Å². The summed E-state index contributed by atoms with van der Waals surface area (Å²) in [6.45, 7) is 9.38. The number of aryl methyl sites for hydroxylation is 1. The van der Waals surface area contributed by atoms with Gasteiger partial charge in [-0.05, 0) is 49.9 Å². The lowest BCUT2D eigenvalue weighted by molar-refractivity contribution is -0.146. The average molecular weight is 450 g/mol. The van der Waals surface area contributed by atoms with Crippen LogP contribution in [0.3, 0.4) is 0 Å². The minimum atomic E-state index is -0.722. The van der Waals surface area contributed by atoms with Gasteiger partial charge in [-0.2, -0.15) is 0 Å². The van der Waals surface area contributed by atoms with Gasteiger partial charge in [0.15, 0.2) is 11.5 Å². The monoisotopic (exact) mass is 449 g/mol. The second-order valence-corrected chi connectivity index (χ2v) is 9.16. The van der Waals surface area contributed by atoms with E-state index in [0.29, 0.717) is 5.69 Å². The van der Waals surface area contributed by atoms with Gasteiger partial charge in [-0.1, -0.05) is 55.8 Å². The van der Waals surface area contributed by atoms with Crippen LogP contribution < -0.4 is 4.90 Å². The Morgan fingerprint density at radius 1 is 1.06 bits per heavy atom. The summed E-state index contributed by atoms with van der Waals surface area (Å²) in [5.74, 6) is -1.59. The molecule has 0 fully saturated rings. The van der Waals surface area contributed by atoms with Crippen molar-refractivity contribution in [3.05, 3.63) is 76.6 Å². The molecule has 2 aromatic rings. The molecule has 174 valence electrons. The van der Waals surface area contributed by atoms with E-state index >= 15 is 0 Å². The lowest BCUT2D eigenvalue weighted by atomic mass is 9.91. The van der Waals surface area contributed by atoms with Crippen LogP contribution in [0.15, 0.2) is 59.9 Å². The summed E-state index contributed by atoms with van der Waals surface area (Å²) in [6.07, 6.45) is 0.166. The molecule has 2 aromatic carbocycles. The van der Waals surface area contributed by atoms with E-state index in [4.69, 9.17) is 4.74 Å². The van der Waals surface area contributed by atoms with Crippen molar-refractivity contribution in [2.45, 2.75) is 59.6 Å². The smallest absolute Gasteiger partial charge is 0.310 e. The van der Waals surface area contributed by atoms with Gasteiger partial charge in [-0.15, -0.1) is 0 Å². The maximum Gasteiger partial charge on any atom is 0.310 e. The van der Waals surface area contributed by atoms with Gasteiger partial charge in [0.1, 0.15) is 0 Å². The Morgan fingerprint density at radius 3 is 2.30 bits per heavy atom. The second kappa shape index (κ2) is 10.0. The summed E-state index contributed by atoms with van der Waals surface area (Å²) in [4.78, 5) is 39.6. The fourth-order valence-electron chi connectivity index (χ4n) is 4.04. The molecule has 33 heavy (non-hydrogen) atoms. The molecule has 6 nitrogen and oxygen atoms in total. The number of anilines is 1. The first-order valence-corrected chi connectivity index (χ1v) is 11.2. The van der Waals surface area contributed by atoms with E-state index in [1.54, 1.807) is 38.1 Å². The summed E-state index contributed by atoms with van der Waals surface area (Å²) < 4.78 is 5.19. The highest BCUT2D eigenvalue weighted by Crippen LogP contribution is 2.41. The normalized spacial score (nSPS) is 16.2. The van der Waals surface area contributed by atoms with E-state index in [1.807, 2.05) is 45.0 Å². The van der Waals surface area contributed by atoms with E-state index in [2.05, 4.69) is 0 Å². The molecule has 0 bridgehead atoms. The predicted molar refractivity (Wildman–Crippen MR) is 127 cm³/mol. The Bertz CT molecular complexity index is 1080. The molecule has 1 N–H and O–H groups in total. The number of hydrogen-bond donors (Lipinski definition) is 1. The number of carbonyl (C=O) groups excluding carboxylic acids is 3. The van der Waals surface area contributed by atoms with Gasteiger partial charge in [0.05, 0.1) is 24.1 Å². The van der Waals surface area contributed by atoms with E-state index in [-0.39, 0.29) is 42.2 Å². The number of ether oxygens (including phenoxy) is 1.